The van der Waals surface area contributed by atoms with Crippen LogP contribution >= 0.6 is 0 Å². The first-order valence-electron chi connectivity index (χ1n) is 5.62. The highest BCUT2D eigenvalue weighted by atomic mass is 16.6. The summed E-state index contributed by atoms with van der Waals surface area (Å²) in [6, 6.07) is 0. The van der Waals surface area contributed by atoms with Crippen LogP contribution in [0.15, 0.2) is 0 Å². The summed E-state index contributed by atoms with van der Waals surface area (Å²) in [7, 11) is 0. The van der Waals surface area contributed by atoms with Gasteiger partial charge in [0.15, 0.2) is 0 Å². The van der Waals surface area contributed by atoms with Crippen molar-refractivity contribution in [2.45, 2.75) is 72.3 Å². The highest BCUT2D eigenvalue weighted by Crippen LogP contribution is 2.41. The summed E-state index contributed by atoms with van der Waals surface area (Å²) in [4.78, 5) is 0. The Morgan fingerprint density at radius 2 is 1.67 bits per heavy atom. The summed E-state index contributed by atoms with van der Waals surface area (Å²) in [5.41, 5.74) is -0.991. The molecule has 0 N–H and O–H groups in total. The van der Waals surface area contributed by atoms with Gasteiger partial charge in [0.05, 0.1) is 6.10 Å². The van der Waals surface area contributed by atoms with Crippen molar-refractivity contribution in [2.24, 2.45) is 5.41 Å². The van der Waals surface area contributed by atoms with E-state index in [2.05, 4.69) is 20.8 Å². The number of nitrogens with zero attached hydrogens (tertiary/aromatic N) is 1. The first-order valence-corrected chi connectivity index (χ1v) is 5.62. The number of rotatable bonds is 0. The van der Waals surface area contributed by atoms with E-state index in [-0.39, 0.29) is 17.1 Å². The lowest BCUT2D eigenvalue weighted by molar-refractivity contribution is -0.389. The minimum Gasteiger partial charge on any atom is -0.355 e. The molecule has 0 aromatic carbocycles. The molecule has 3 heteroatoms. The Morgan fingerprint density at radius 1 is 1.20 bits per heavy atom. The van der Waals surface area contributed by atoms with Crippen molar-refractivity contribution >= 4 is 0 Å². The summed E-state index contributed by atoms with van der Waals surface area (Å²) in [6.07, 6.45) is 0.913. The van der Waals surface area contributed by atoms with Crippen LogP contribution in [0.1, 0.15) is 54.9 Å². The second kappa shape index (κ2) is 3.44. The second-order valence-electron chi connectivity index (χ2n) is 6.73. The predicted molar refractivity (Wildman–Crippen MR) is 59.6 cm³/mol. The van der Waals surface area contributed by atoms with Gasteiger partial charge in [0.2, 0.25) is 0 Å². The molecule has 1 atom stereocenters. The van der Waals surface area contributed by atoms with Crippen molar-refractivity contribution in [1.82, 2.24) is 5.06 Å². The zero-order valence-electron chi connectivity index (χ0n) is 11.0. The lowest BCUT2D eigenvalue weighted by atomic mass is 9.79. The van der Waals surface area contributed by atoms with E-state index in [0.717, 1.165) is 11.5 Å². The summed E-state index contributed by atoms with van der Waals surface area (Å²) >= 11 is 0. The normalized spacial score (nSPS) is 31.6. The van der Waals surface area contributed by atoms with Gasteiger partial charge in [-0.1, -0.05) is 20.8 Å². The molecule has 1 unspecified atom stereocenters. The molecule has 0 bridgehead atoms. The van der Waals surface area contributed by atoms with Crippen molar-refractivity contribution < 1.29 is 9.94 Å². The molecule has 1 rings (SSSR count). The molecule has 1 saturated heterocycles. The topological polar surface area (TPSA) is 32.4 Å². The molecule has 0 spiro atoms. The zero-order valence-corrected chi connectivity index (χ0v) is 11.0. The van der Waals surface area contributed by atoms with E-state index in [1.54, 1.807) is 0 Å². The molecule has 1 fully saturated rings. The number of hydrogen-bond acceptors (Lipinski definition) is 2. The number of hydrogen-bond donors (Lipinski definition) is 0. The van der Waals surface area contributed by atoms with Crippen LogP contribution in [0.3, 0.4) is 0 Å². The Kier molecular flexibility index (Phi) is 2.97. The Hall–Kier alpha value is -0.120. The van der Waals surface area contributed by atoms with E-state index in [0.29, 0.717) is 0 Å². The first-order chi connectivity index (χ1) is 6.47. The molecular weight excluding hydrogens is 190 g/mol. The van der Waals surface area contributed by atoms with Crippen LogP contribution in [0.25, 0.3) is 0 Å². The maximum Gasteiger partial charge on any atom is 0.142 e. The van der Waals surface area contributed by atoms with Crippen LogP contribution < -0.4 is 0 Å². The van der Waals surface area contributed by atoms with Crippen molar-refractivity contribution in [2.75, 3.05) is 0 Å². The smallest absolute Gasteiger partial charge is 0.142 e. The lowest BCUT2D eigenvalue weighted by Gasteiger charge is -2.52. The second-order valence-corrected chi connectivity index (χ2v) is 6.73. The molecule has 0 aromatic heterocycles. The van der Waals surface area contributed by atoms with Gasteiger partial charge in [0, 0.05) is 5.54 Å². The van der Waals surface area contributed by atoms with E-state index in [1.807, 2.05) is 27.7 Å². The van der Waals surface area contributed by atoms with Crippen LogP contribution in [-0.2, 0) is 9.94 Å². The molecule has 0 aromatic rings. The fraction of sp³-hybridized carbons (Fsp3) is 1.00. The molecule has 89 valence electrons. The van der Waals surface area contributed by atoms with Crippen LogP contribution in [0.2, 0.25) is 0 Å². The Labute approximate surface area is 93.4 Å². The van der Waals surface area contributed by atoms with Crippen molar-refractivity contribution in [3.63, 3.8) is 0 Å². The van der Waals surface area contributed by atoms with Gasteiger partial charge in [-0.05, 0) is 39.5 Å². The summed E-state index contributed by atoms with van der Waals surface area (Å²) < 4.78 is 5.90. The largest absolute Gasteiger partial charge is 0.355 e. The third kappa shape index (κ3) is 2.52. The third-order valence-corrected chi connectivity index (χ3v) is 3.12. The van der Waals surface area contributed by atoms with Gasteiger partial charge in [-0.2, -0.15) is 0 Å². The maximum absolute atomic E-state index is 12.0. The van der Waals surface area contributed by atoms with E-state index in [4.69, 9.17) is 4.74 Å². The maximum atomic E-state index is 12.0. The lowest BCUT2D eigenvalue weighted by Crippen LogP contribution is -2.63. The standard InChI is InChI=1S/C12H24NO2/c1-10(2,3)9-8-11(4,5)13(14)12(6,7)15-9/h9H,8H2,1-7H3. The van der Waals surface area contributed by atoms with E-state index in [1.165, 1.54) is 0 Å². The van der Waals surface area contributed by atoms with E-state index in [9.17, 15) is 5.21 Å². The van der Waals surface area contributed by atoms with Gasteiger partial charge in [0.1, 0.15) is 5.72 Å². The van der Waals surface area contributed by atoms with Gasteiger partial charge >= 0.3 is 0 Å². The van der Waals surface area contributed by atoms with Gasteiger partial charge in [-0.3, -0.25) is 0 Å². The molecule has 3 nitrogen and oxygen atoms in total. The average Bonchev–Trinajstić information content (AvgIpc) is 1.97. The quantitative estimate of drug-likeness (QED) is 0.621. The fourth-order valence-electron chi connectivity index (χ4n) is 2.19. The van der Waals surface area contributed by atoms with Crippen molar-refractivity contribution in [1.29, 1.82) is 0 Å². The average molecular weight is 214 g/mol. The number of hydroxylamine groups is 2. The van der Waals surface area contributed by atoms with Crippen LogP contribution in [0.5, 0.6) is 0 Å². The molecular formula is C12H24NO2. The molecule has 0 aliphatic carbocycles. The van der Waals surface area contributed by atoms with Crippen molar-refractivity contribution in [3.8, 4) is 0 Å². The zero-order chi connectivity index (χ0) is 12.1. The van der Waals surface area contributed by atoms with Gasteiger partial charge in [-0.25, -0.2) is 0 Å². The Balaban J connectivity index is 2.94. The highest BCUT2D eigenvalue weighted by Gasteiger charge is 2.49. The molecule has 0 saturated carbocycles. The predicted octanol–water partition coefficient (Wildman–Crippen LogP) is 2.98. The molecule has 1 radical (unpaired) electrons. The summed E-state index contributed by atoms with van der Waals surface area (Å²) in [5, 5.41) is 13.1. The first kappa shape index (κ1) is 12.9. The fourth-order valence-corrected chi connectivity index (χ4v) is 2.19. The van der Waals surface area contributed by atoms with Gasteiger partial charge < -0.3 is 4.74 Å². The highest BCUT2D eigenvalue weighted by molar-refractivity contribution is 4.94. The summed E-state index contributed by atoms with van der Waals surface area (Å²) in [6.45, 7) is 14.1. The van der Waals surface area contributed by atoms with Crippen LogP contribution in [-0.4, -0.2) is 22.4 Å². The van der Waals surface area contributed by atoms with E-state index < -0.39 is 5.72 Å². The van der Waals surface area contributed by atoms with Gasteiger partial charge in [0.25, 0.3) is 0 Å². The summed E-state index contributed by atoms with van der Waals surface area (Å²) in [5.74, 6) is 0. The number of ether oxygens (including phenoxy) is 1. The van der Waals surface area contributed by atoms with Crippen LogP contribution in [0, 0.1) is 5.41 Å². The SMILES string of the molecule is CC(C)(C)C1CC(C)(C)N([O])C(C)(C)O1. The molecule has 1 aliphatic rings. The minimum absolute atomic E-state index is 0.0792. The van der Waals surface area contributed by atoms with Crippen molar-refractivity contribution in [3.05, 3.63) is 0 Å². The Bertz CT molecular complexity index is 222. The molecule has 1 heterocycles. The van der Waals surface area contributed by atoms with E-state index >= 15 is 0 Å². The molecule has 0 amide bonds. The molecule has 15 heavy (non-hydrogen) atoms. The minimum atomic E-state index is -0.723. The third-order valence-electron chi connectivity index (χ3n) is 3.12. The molecule has 1 aliphatic heterocycles. The van der Waals surface area contributed by atoms with Crippen LogP contribution in [0.4, 0.5) is 0 Å². The Morgan fingerprint density at radius 3 is 2.00 bits per heavy atom. The van der Waals surface area contributed by atoms with Gasteiger partial charge in [-0.15, -0.1) is 10.3 Å². The monoisotopic (exact) mass is 214 g/mol.